The highest BCUT2D eigenvalue weighted by Crippen LogP contribution is 2.45. The predicted molar refractivity (Wildman–Crippen MR) is 118 cm³/mol. The number of carbonyl (C=O) groups excluding carboxylic acids is 1. The van der Waals surface area contributed by atoms with Crippen molar-refractivity contribution in [3.8, 4) is 17.6 Å². The number of halogens is 1. The number of nitrogens with zero attached hydrogens (tertiary/aromatic N) is 1. The van der Waals surface area contributed by atoms with E-state index in [2.05, 4.69) is 22.0 Å². The van der Waals surface area contributed by atoms with Crippen LogP contribution in [0.25, 0.3) is 0 Å². The highest BCUT2D eigenvalue weighted by molar-refractivity contribution is 9.10. The van der Waals surface area contributed by atoms with Gasteiger partial charge in [0.15, 0.2) is 17.3 Å². The molecule has 0 radical (unpaired) electrons. The minimum Gasteiger partial charge on any atom is -0.493 e. The maximum Gasteiger partial charge on any atom is 0.205 e. The van der Waals surface area contributed by atoms with Gasteiger partial charge in [0.2, 0.25) is 5.88 Å². The fourth-order valence-corrected chi connectivity index (χ4v) is 4.18. The van der Waals surface area contributed by atoms with E-state index in [1.165, 1.54) is 0 Å². The Kier molecular flexibility index (Phi) is 6.01. The van der Waals surface area contributed by atoms with Crippen LogP contribution in [0.15, 0.2) is 69.7 Å². The number of hydrogen-bond donors (Lipinski definition) is 1. The van der Waals surface area contributed by atoms with Crippen LogP contribution in [0, 0.1) is 11.3 Å². The summed E-state index contributed by atoms with van der Waals surface area (Å²) in [6.45, 7) is 0.379. The fraction of sp³-hybridized carbons (Fsp3) is 0.250. The summed E-state index contributed by atoms with van der Waals surface area (Å²) in [5.74, 6) is 1.11. The molecule has 6 nitrogen and oxygen atoms in total. The van der Waals surface area contributed by atoms with E-state index in [0.717, 1.165) is 15.6 Å². The van der Waals surface area contributed by atoms with Crippen LogP contribution in [0.5, 0.6) is 11.5 Å². The molecule has 4 rings (SSSR count). The molecule has 2 aliphatic rings. The topological polar surface area (TPSA) is 94.6 Å². The molecule has 2 N–H and O–H groups in total. The molecule has 1 aliphatic carbocycles. The molecular formula is C24H21BrN2O4. The van der Waals surface area contributed by atoms with E-state index in [0.29, 0.717) is 48.7 Å². The average molecular weight is 481 g/mol. The Balaban J connectivity index is 1.67. The largest absolute Gasteiger partial charge is 0.493 e. The molecule has 0 spiro atoms. The molecule has 1 heterocycles. The minimum absolute atomic E-state index is 0.0129. The monoisotopic (exact) mass is 480 g/mol. The summed E-state index contributed by atoms with van der Waals surface area (Å²) in [4.78, 5) is 12.7. The third-order valence-electron chi connectivity index (χ3n) is 5.43. The van der Waals surface area contributed by atoms with Gasteiger partial charge in [0.1, 0.15) is 24.0 Å². The summed E-state index contributed by atoms with van der Waals surface area (Å²) < 4.78 is 18.1. The number of ether oxygens (including phenoxy) is 3. The maximum atomic E-state index is 12.7. The number of nitriles is 1. The zero-order valence-corrected chi connectivity index (χ0v) is 18.6. The summed E-state index contributed by atoms with van der Waals surface area (Å²) in [5, 5.41) is 9.72. The van der Waals surface area contributed by atoms with Gasteiger partial charge in [-0.15, -0.1) is 0 Å². The van der Waals surface area contributed by atoms with E-state index in [4.69, 9.17) is 19.9 Å². The Bertz CT molecular complexity index is 1130. The molecule has 2 aromatic carbocycles. The number of carbonyl (C=O) groups is 1. The van der Waals surface area contributed by atoms with Gasteiger partial charge < -0.3 is 19.9 Å². The molecule has 0 saturated carbocycles. The predicted octanol–water partition coefficient (Wildman–Crippen LogP) is 4.85. The lowest BCUT2D eigenvalue weighted by Gasteiger charge is -2.31. The van der Waals surface area contributed by atoms with E-state index >= 15 is 0 Å². The van der Waals surface area contributed by atoms with E-state index in [-0.39, 0.29) is 17.2 Å². The van der Waals surface area contributed by atoms with Gasteiger partial charge in [-0.2, -0.15) is 5.26 Å². The summed E-state index contributed by atoms with van der Waals surface area (Å²) in [6.07, 6.45) is 1.77. The number of nitrogens with two attached hydrogens (primary N) is 1. The lowest BCUT2D eigenvalue weighted by molar-refractivity contribution is -0.116. The van der Waals surface area contributed by atoms with Crippen molar-refractivity contribution in [3.05, 3.63) is 80.9 Å². The van der Waals surface area contributed by atoms with Crippen molar-refractivity contribution < 1.29 is 19.0 Å². The van der Waals surface area contributed by atoms with Crippen molar-refractivity contribution in [3.63, 3.8) is 0 Å². The van der Waals surface area contributed by atoms with Crippen LogP contribution in [0.4, 0.5) is 0 Å². The summed E-state index contributed by atoms with van der Waals surface area (Å²) >= 11 is 3.42. The number of benzene rings is 2. The first-order valence-electron chi connectivity index (χ1n) is 9.90. The molecule has 0 saturated heterocycles. The Morgan fingerprint density at radius 1 is 1.19 bits per heavy atom. The normalized spacial score (nSPS) is 18.2. The summed E-state index contributed by atoms with van der Waals surface area (Å²) in [5.41, 5.74) is 8.53. The van der Waals surface area contributed by atoms with Crippen molar-refractivity contribution in [2.24, 2.45) is 5.73 Å². The third-order valence-corrected chi connectivity index (χ3v) is 5.96. The molecular weight excluding hydrogens is 460 g/mol. The van der Waals surface area contributed by atoms with Crippen LogP contribution in [0.1, 0.15) is 36.3 Å². The third kappa shape index (κ3) is 4.17. The van der Waals surface area contributed by atoms with Gasteiger partial charge in [0, 0.05) is 22.9 Å². The van der Waals surface area contributed by atoms with Gasteiger partial charge >= 0.3 is 0 Å². The van der Waals surface area contributed by atoms with E-state index in [9.17, 15) is 10.1 Å². The molecule has 7 heteroatoms. The van der Waals surface area contributed by atoms with Gasteiger partial charge in [0.05, 0.1) is 13.0 Å². The lowest BCUT2D eigenvalue weighted by Crippen LogP contribution is -2.27. The lowest BCUT2D eigenvalue weighted by atomic mass is 9.77. The fourth-order valence-electron chi connectivity index (χ4n) is 3.91. The molecule has 0 fully saturated rings. The first-order chi connectivity index (χ1) is 15.0. The van der Waals surface area contributed by atoms with E-state index in [1.54, 1.807) is 19.2 Å². The van der Waals surface area contributed by atoms with Crippen molar-refractivity contribution in [2.75, 3.05) is 7.11 Å². The molecule has 0 aromatic heterocycles. The summed E-state index contributed by atoms with van der Waals surface area (Å²) in [7, 11) is 1.56. The SMILES string of the molecule is COc1cc([C@H]2C(C#N)=C(N)OC3=C2C(=O)CCC3)ccc1OCc1ccc(Br)cc1. The Morgan fingerprint density at radius 3 is 2.68 bits per heavy atom. The van der Waals surface area contributed by atoms with Crippen LogP contribution in [0.2, 0.25) is 0 Å². The van der Waals surface area contributed by atoms with Crippen molar-refractivity contribution >= 4 is 21.7 Å². The van der Waals surface area contributed by atoms with Gasteiger partial charge in [-0.25, -0.2) is 0 Å². The second-order valence-corrected chi connectivity index (χ2v) is 8.28. The van der Waals surface area contributed by atoms with E-state index < -0.39 is 5.92 Å². The molecule has 31 heavy (non-hydrogen) atoms. The van der Waals surface area contributed by atoms with Gasteiger partial charge in [-0.3, -0.25) is 4.79 Å². The molecule has 158 valence electrons. The minimum atomic E-state index is -0.573. The van der Waals surface area contributed by atoms with Crippen molar-refractivity contribution in [1.29, 1.82) is 5.26 Å². The first-order valence-corrected chi connectivity index (χ1v) is 10.7. The second kappa shape index (κ2) is 8.86. The van der Waals surface area contributed by atoms with Crippen LogP contribution in [0.3, 0.4) is 0 Å². The number of hydrogen-bond acceptors (Lipinski definition) is 6. The van der Waals surface area contributed by atoms with Gasteiger partial charge in [-0.1, -0.05) is 34.1 Å². The van der Waals surface area contributed by atoms with E-state index in [1.807, 2.05) is 30.3 Å². The Hall–Kier alpha value is -3.24. The van der Waals surface area contributed by atoms with Gasteiger partial charge in [-0.05, 0) is 41.8 Å². The number of allylic oxidation sites excluding steroid dienone is 3. The quantitative estimate of drug-likeness (QED) is 0.656. The highest BCUT2D eigenvalue weighted by atomic mass is 79.9. The molecule has 0 amide bonds. The number of methoxy groups -OCH3 is 1. The van der Waals surface area contributed by atoms with Crippen LogP contribution < -0.4 is 15.2 Å². The molecule has 1 atom stereocenters. The summed E-state index contributed by atoms with van der Waals surface area (Å²) in [6, 6.07) is 15.4. The van der Waals surface area contributed by atoms with Crippen molar-refractivity contribution in [2.45, 2.75) is 31.8 Å². The smallest absolute Gasteiger partial charge is 0.205 e. The Labute approximate surface area is 189 Å². The average Bonchev–Trinajstić information content (AvgIpc) is 2.78. The number of Topliss-reactive ketones (excluding diaryl/α,β-unsaturated/α-hetero) is 1. The highest BCUT2D eigenvalue weighted by Gasteiger charge is 2.38. The Morgan fingerprint density at radius 2 is 1.97 bits per heavy atom. The van der Waals surface area contributed by atoms with Crippen LogP contribution in [-0.4, -0.2) is 12.9 Å². The zero-order valence-electron chi connectivity index (χ0n) is 17.0. The van der Waals surface area contributed by atoms with Crippen LogP contribution in [-0.2, 0) is 16.1 Å². The first kappa shape index (κ1) is 21.0. The van der Waals surface area contributed by atoms with Crippen molar-refractivity contribution in [1.82, 2.24) is 0 Å². The van der Waals surface area contributed by atoms with Gasteiger partial charge in [0.25, 0.3) is 0 Å². The molecule has 0 unspecified atom stereocenters. The maximum absolute atomic E-state index is 12.7. The van der Waals surface area contributed by atoms with Crippen LogP contribution >= 0.6 is 15.9 Å². The molecule has 0 bridgehead atoms. The molecule has 2 aromatic rings. The molecule has 1 aliphatic heterocycles. The standard InChI is InChI=1S/C24H21BrN2O4/c1-29-21-11-15(7-10-19(21)30-13-14-5-8-16(25)9-6-14)22-17(12-26)24(27)31-20-4-2-3-18(28)23(20)22/h5-11,22H,2-4,13,27H2,1H3/t22-/m0/s1. The number of ketones is 1. The zero-order chi connectivity index (χ0) is 22.0. The second-order valence-electron chi connectivity index (χ2n) is 7.36. The number of rotatable bonds is 5.